The van der Waals surface area contributed by atoms with E-state index in [-0.39, 0.29) is 50.3 Å². The van der Waals surface area contributed by atoms with Gasteiger partial charge in [0.15, 0.2) is 5.78 Å². The Kier molecular flexibility index (Phi) is 27.0. The molecule has 25 heteroatoms. The van der Waals surface area contributed by atoms with Crippen LogP contribution >= 0.6 is 0 Å². The van der Waals surface area contributed by atoms with Gasteiger partial charge in [0.1, 0.15) is 48.0 Å². The average molecular weight is 1110 g/mol. The zero-order chi connectivity index (χ0) is 59.1. The molecule has 0 spiro atoms. The maximum Gasteiger partial charge on any atom is 0.246 e. The lowest BCUT2D eigenvalue weighted by molar-refractivity contribution is -0.143. The minimum absolute atomic E-state index is 0.0784. The number of amides is 10. The first kappa shape index (κ1) is 65.8. The molecule has 0 unspecified atom stereocenters. The molecule has 10 amide bonds. The first-order chi connectivity index (χ1) is 37.3. The number of hydrogen-bond acceptors (Lipinski definition) is 15. The van der Waals surface area contributed by atoms with E-state index >= 15 is 0 Å². The van der Waals surface area contributed by atoms with Crippen molar-refractivity contribution in [2.24, 2.45) is 35.0 Å². The minimum Gasteiger partial charge on any atom is -0.508 e. The van der Waals surface area contributed by atoms with Crippen molar-refractivity contribution in [3.05, 3.63) is 65.7 Å². The molecule has 11 atom stereocenters. The van der Waals surface area contributed by atoms with E-state index in [4.69, 9.17) is 17.2 Å². The first-order valence-electron chi connectivity index (χ1n) is 26.7. The molecule has 1 heterocycles. The lowest BCUT2D eigenvalue weighted by Crippen LogP contribution is -2.59. The maximum absolute atomic E-state index is 14.5. The molecule has 2 aromatic rings. The number of carbonyl (C=O) groups is 11. The Hall–Kier alpha value is -7.51. The second kappa shape index (κ2) is 32.4. The number of hydrogen-bond donors (Lipinski definition) is 13. The number of aliphatic hydroxyl groups excluding tert-OH is 2. The van der Waals surface area contributed by atoms with Gasteiger partial charge in [0.2, 0.25) is 59.1 Å². The molecule has 0 radical (unpaired) electrons. The fourth-order valence-electron chi connectivity index (χ4n) is 8.83. The number of nitrogens with one attached hydrogen (secondary N) is 7. The van der Waals surface area contributed by atoms with Crippen LogP contribution in [0.3, 0.4) is 0 Å². The van der Waals surface area contributed by atoms with Crippen LogP contribution in [0.15, 0.2) is 54.6 Å². The van der Waals surface area contributed by atoms with E-state index < -0.39 is 157 Å². The number of rotatable bonds is 33. The lowest BCUT2D eigenvalue weighted by Gasteiger charge is -2.32. The molecule has 16 N–H and O–H groups in total. The van der Waals surface area contributed by atoms with Crippen LogP contribution in [0.5, 0.6) is 5.75 Å². The molecule has 1 aliphatic rings. The van der Waals surface area contributed by atoms with E-state index in [1.165, 1.54) is 36.1 Å². The van der Waals surface area contributed by atoms with Gasteiger partial charge in [0.05, 0.1) is 31.7 Å². The molecular formula is C54H81N11O14. The number of aromatic hydroxyl groups is 1. The third-order valence-electron chi connectivity index (χ3n) is 13.6. The monoisotopic (exact) mass is 1110 g/mol. The number of likely N-dealkylation sites (tertiary alicyclic amines) is 1. The molecular weight excluding hydrogens is 1030 g/mol. The van der Waals surface area contributed by atoms with Crippen LogP contribution in [0.1, 0.15) is 104 Å². The number of benzene rings is 2. The molecule has 0 aliphatic carbocycles. The van der Waals surface area contributed by atoms with E-state index in [1.807, 2.05) is 20.8 Å². The Morgan fingerprint density at radius 1 is 0.633 bits per heavy atom. The zero-order valence-electron chi connectivity index (χ0n) is 45.8. The molecule has 2 aromatic carbocycles. The van der Waals surface area contributed by atoms with Gasteiger partial charge in [0.25, 0.3) is 0 Å². The molecule has 25 nitrogen and oxygen atoms in total. The number of phenols is 1. The highest BCUT2D eigenvalue weighted by Crippen LogP contribution is 2.23. The van der Waals surface area contributed by atoms with Gasteiger partial charge in [0, 0.05) is 25.3 Å². The second-order valence-corrected chi connectivity index (χ2v) is 20.5. The average Bonchev–Trinajstić information content (AvgIpc) is 3.93. The molecule has 1 fully saturated rings. The summed E-state index contributed by atoms with van der Waals surface area (Å²) in [6.45, 7) is 8.65. The smallest absolute Gasteiger partial charge is 0.246 e. The van der Waals surface area contributed by atoms with Crippen molar-refractivity contribution >= 4 is 64.9 Å². The van der Waals surface area contributed by atoms with Crippen LogP contribution in [0.25, 0.3) is 0 Å². The predicted molar refractivity (Wildman–Crippen MR) is 288 cm³/mol. The number of Topliss-reactive ketones (excluding diaryl/α,β-unsaturated/α-hetero) is 1. The summed E-state index contributed by atoms with van der Waals surface area (Å²) in [6.07, 6.45) is 0.574. The Bertz CT molecular complexity index is 2430. The van der Waals surface area contributed by atoms with Gasteiger partial charge in [-0.15, -0.1) is 0 Å². The highest BCUT2D eigenvalue weighted by Gasteiger charge is 2.41. The summed E-state index contributed by atoms with van der Waals surface area (Å²) in [6, 6.07) is 2.60. The van der Waals surface area contributed by atoms with Gasteiger partial charge in [-0.05, 0) is 74.1 Å². The van der Waals surface area contributed by atoms with Crippen LogP contribution < -0.4 is 54.4 Å². The predicted octanol–water partition coefficient (Wildman–Crippen LogP) is -2.28. The quantitative estimate of drug-likeness (QED) is 0.0358. The van der Waals surface area contributed by atoms with Crippen molar-refractivity contribution in [3.8, 4) is 5.75 Å². The van der Waals surface area contributed by atoms with Gasteiger partial charge in [-0.1, -0.05) is 89.9 Å². The third kappa shape index (κ3) is 21.0. The third-order valence-corrected chi connectivity index (χ3v) is 13.6. The van der Waals surface area contributed by atoms with Crippen molar-refractivity contribution in [1.29, 1.82) is 0 Å². The molecule has 0 aromatic heterocycles. The minimum atomic E-state index is -1.69. The number of nitrogens with two attached hydrogens (primary N) is 3. The standard InChI is InChI=1S/C54H81N11O14/c1-7-13-37(59-53(78)42-16-12-21-65(42)54(79)45(30(5)8-2)64-49(74)36(55)26-44(56)70)50(75)60-38(22-29(3)4)43(69)25-34(23-33-17-19-35(68)20-18-33)48(73)63-41(28-67)52(77)61-39(24-32-14-10-9-11-15-32)51(76)58-31(6)47(72)62-40(27-66)46(57)71/h9-11,14-15,17-20,29-31,34,36-42,45,66-68H,7-8,12-13,16,21-28,55H2,1-6H3,(H2,56,70)(H2,57,71)(H,58,76)(H,59,78)(H,60,75)(H,61,77)(H,62,72)(H,63,73)(H,64,74)/t30-,31-,34+,36+,37-,38-,39-,40+,41+,42-,45-/m0/s1. The van der Waals surface area contributed by atoms with Gasteiger partial charge in [-0.25, -0.2) is 0 Å². The van der Waals surface area contributed by atoms with Crippen molar-refractivity contribution < 1.29 is 68.1 Å². The number of carbonyl (C=O) groups excluding carboxylic acids is 11. The molecule has 0 bridgehead atoms. The number of aliphatic hydroxyl groups is 2. The fourth-order valence-corrected chi connectivity index (χ4v) is 8.83. The summed E-state index contributed by atoms with van der Waals surface area (Å²) >= 11 is 0. The Morgan fingerprint density at radius 3 is 1.77 bits per heavy atom. The van der Waals surface area contributed by atoms with Crippen molar-refractivity contribution in [3.63, 3.8) is 0 Å². The van der Waals surface area contributed by atoms with E-state index in [2.05, 4.69) is 37.2 Å². The van der Waals surface area contributed by atoms with E-state index in [0.29, 0.717) is 30.4 Å². The molecule has 436 valence electrons. The first-order valence-corrected chi connectivity index (χ1v) is 26.7. The van der Waals surface area contributed by atoms with Gasteiger partial charge < -0.3 is 74.6 Å². The molecule has 1 saturated heterocycles. The number of primary amides is 2. The van der Waals surface area contributed by atoms with E-state index in [1.54, 1.807) is 44.2 Å². The Balaban J connectivity index is 1.86. The van der Waals surface area contributed by atoms with Gasteiger partial charge >= 0.3 is 0 Å². The van der Waals surface area contributed by atoms with Crippen LogP contribution in [0.4, 0.5) is 0 Å². The summed E-state index contributed by atoms with van der Waals surface area (Å²) in [4.78, 5) is 149. The van der Waals surface area contributed by atoms with Crippen molar-refractivity contribution in [1.82, 2.24) is 42.1 Å². The van der Waals surface area contributed by atoms with Gasteiger partial charge in [-0.2, -0.15) is 0 Å². The van der Waals surface area contributed by atoms with E-state index in [0.717, 1.165) is 0 Å². The van der Waals surface area contributed by atoms with Crippen molar-refractivity contribution in [2.75, 3.05) is 19.8 Å². The van der Waals surface area contributed by atoms with Crippen LogP contribution in [0.2, 0.25) is 0 Å². The van der Waals surface area contributed by atoms with Crippen LogP contribution in [-0.2, 0) is 65.6 Å². The summed E-state index contributed by atoms with van der Waals surface area (Å²) in [7, 11) is 0. The SMILES string of the molecule is CCC[C@H](NC(=O)[C@@H]1CCCN1C(=O)[C@@H](NC(=O)[C@H](N)CC(N)=O)[C@@H](C)CC)C(=O)N[C@@H](CC(C)C)C(=O)C[C@@H](Cc1ccc(O)cc1)C(=O)N[C@H](CO)C(=O)N[C@@H](Cc1ccccc1)C(=O)N[C@@H](C)C(=O)N[C@H](CO)C(N)=O. The summed E-state index contributed by atoms with van der Waals surface area (Å²) in [5, 5.41) is 47.8. The molecule has 3 rings (SSSR count). The Morgan fingerprint density at radius 2 is 1.20 bits per heavy atom. The summed E-state index contributed by atoms with van der Waals surface area (Å²) in [5.74, 6) is -10.6. The second-order valence-electron chi connectivity index (χ2n) is 20.5. The highest BCUT2D eigenvalue weighted by atomic mass is 16.3. The van der Waals surface area contributed by atoms with Crippen LogP contribution in [-0.4, -0.2) is 159 Å². The molecule has 1 aliphatic heterocycles. The van der Waals surface area contributed by atoms with Crippen LogP contribution in [0, 0.1) is 17.8 Å². The normalized spacial score (nSPS) is 16.9. The summed E-state index contributed by atoms with van der Waals surface area (Å²) in [5.41, 5.74) is 17.4. The molecule has 79 heavy (non-hydrogen) atoms. The zero-order valence-corrected chi connectivity index (χ0v) is 45.8. The highest BCUT2D eigenvalue weighted by molar-refractivity contribution is 5.99. The van der Waals surface area contributed by atoms with Crippen molar-refractivity contribution in [2.45, 2.75) is 160 Å². The number of phenolic OH excluding ortho intramolecular Hbond substituents is 1. The maximum atomic E-state index is 14.5. The Labute approximate surface area is 460 Å². The molecule has 0 saturated carbocycles. The summed E-state index contributed by atoms with van der Waals surface area (Å²) < 4.78 is 0. The topological polar surface area (TPSA) is 414 Å². The largest absolute Gasteiger partial charge is 0.508 e. The lowest BCUT2D eigenvalue weighted by atomic mass is 9.88. The van der Waals surface area contributed by atoms with E-state index in [9.17, 15) is 68.1 Å². The van der Waals surface area contributed by atoms with Gasteiger partial charge in [-0.3, -0.25) is 52.7 Å². The number of nitrogens with zero attached hydrogens (tertiary/aromatic N) is 1. The number of ketones is 1. The fraction of sp³-hybridized carbons (Fsp3) is 0.574.